The molecule has 7 heteroatoms. The Labute approximate surface area is 162 Å². The van der Waals surface area contributed by atoms with Crippen molar-refractivity contribution >= 4 is 28.2 Å². The normalized spacial score (nSPS) is 15.7. The lowest BCUT2D eigenvalue weighted by molar-refractivity contribution is 0.1000. The molecule has 3 rings (SSSR count). The number of amides is 2. The van der Waals surface area contributed by atoms with E-state index in [0.29, 0.717) is 28.0 Å². The molecule has 0 fully saturated rings. The maximum atomic E-state index is 13.0. The molecule has 1 aliphatic carbocycles. The van der Waals surface area contributed by atoms with Gasteiger partial charge in [0.05, 0.1) is 19.8 Å². The first kappa shape index (κ1) is 19.2. The Balaban J connectivity index is 1.98. The van der Waals surface area contributed by atoms with Gasteiger partial charge in [0, 0.05) is 4.88 Å². The van der Waals surface area contributed by atoms with Crippen LogP contribution < -0.4 is 20.5 Å². The Morgan fingerprint density at radius 2 is 1.89 bits per heavy atom. The van der Waals surface area contributed by atoms with Crippen molar-refractivity contribution in [1.82, 2.24) is 0 Å². The van der Waals surface area contributed by atoms with Gasteiger partial charge in [0.15, 0.2) is 0 Å². The summed E-state index contributed by atoms with van der Waals surface area (Å²) in [6, 6.07) is 5.13. The largest absolute Gasteiger partial charge is 0.496 e. The lowest BCUT2D eigenvalue weighted by Crippen LogP contribution is -2.20. The summed E-state index contributed by atoms with van der Waals surface area (Å²) < 4.78 is 10.6. The Hall–Kier alpha value is -2.54. The molecule has 144 valence electrons. The predicted molar refractivity (Wildman–Crippen MR) is 106 cm³/mol. The van der Waals surface area contributed by atoms with Crippen LogP contribution >= 0.6 is 11.3 Å². The van der Waals surface area contributed by atoms with Crippen LogP contribution in [0, 0.1) is 5.92 Å². The Morgan fingerprint density at radius 1 is 1.22 bits per heavy atom. The van der Waals surface area contributed by atoms with Crippen LogP contribution in [-0.2, 0) is 12.8 Å². The van der Waals surface area contributed by atoms with Crippen LogP contribution in [-0.4, -0.2) is 26.0 Å². The zero-order chi connectivity index (χ0) is 19.6. The number of thiophene rings is 1. The fourth-order valence-corrected chi connectivity index (χ4v) is 4.95. The van der Waals surface area contributed by atoms with Gasteiger partial charge in [-0.2, -0.15) is 0 Å². The highest BCUT2D eigenvalue weighted by Gasteiger charge is 2.29. The highest BCUT2D eigenvalue weighted by molar-refractivity contribution is 7.17. The minimum Gasteiger partial charge on any atom is -0.496 e. The van der Waals surface area contributed by atoms with Crippen LogP contribution in [0.1, 0.15) is 50.9 Å². The van der Waals surface area contributed by atoms with Gasteiger partial charge in [0.2, 0.25) is 0 Å². The Kier molecular flexibility index (Phi) is 5.70. The van der Waals surface area contributed by atoms with E-state index in [9.17, 15) is 9.59 Å². The predicted octanol–water partition coefficient (Wildman–Crippen LogP) is 3.63. The van der Waals surface area contributed by atoms with E-state index in [-0.39, 0.29) is 5.56 Å². The van der Waals surface area contributed by atoms with E-state index in [1.807, 2.05) is 0 Å². The van der Waals surface area contributed by atoms with Crippen LogP contribution in [0.5, 0.6) is 11.5 Å². The highest BCUT2D eigenvalue weighted by atomic mass is 32.1. The van der Waals surface area contributed by atoms with Crippen molar-refractivity contribution < 1.29 is 19.1 Å². The molecule has 1 heterocycles. The Bertz CT molecular complexity index is 853. The molecule has 6 nitrogen and oxygen atoms in total. The first-order valence-electron chi connectivity index (χ1n) is 8.96. The molecule has 0 saturated carbocycles. The number of methoxy groups -OCH3 is 2. The van der Waals surface area contributed by atoms with E-state index in [4.69, 9.17) is 15.2 Å². The van der Waals surface area contributed by atoms with Crippen LogP contribution in [0.25, 0.3) is 0 Å². The number of nitrogens with one attached hydrogen (secondary N) is 1. The molecule has 0 radical (unpaired) electrons. The molecule has 27 heavy (non-hydrogen) atoms. The van der Waals surface area contributed by atoms with Gasteiger partial charge < -0.3 is 20.5 Å². The maximum absolute atomic E-state index is 13.0. The number of hydrogen-bond donors (Lipinski definition) is 2. The molecule has 2 amide bonds. The number of anilines is 1. The number of benzene rings is 1. The van der Waals surface area contributed by atoms with Gasteiger partial charge in [-0.15, -0.1) is 11.3 Å². The average molecular weight is 388 g/mol. The quantitative estimate of drug-likeness (QED) is 0.791. The van der Waals surface area contributed by atoms with Gasteiger partial charge in [0.1, 0.15) is 22.1 Å². The summed E-state index contributed by atoms with van der Waals surface area (Å²) in [6.45, 7) is 2.18. The first-order chi connectivity index (χ1) is 13.0. The topological polar surface area (TPSA) is 90.7 Å². The SMILES string of the molecule is CCC1CCc2c(sc(NC(=O)c3c(OC)cccc3OC)c2C(N)=O)C1. The van der Waals surface area contributed by atoms with Crippen molar-refractivity contribution in [3.63, 3.8) is 0 Å². The van der Waals surface area contributed by atoms with Gasteiger partial charge >= 0.3 is 0 Å². The van der Waals surface area contributed by atoms with Gasteiger partial charge in [0.25, 0.3) is 11.8 Å². The van der Waals surface area contributed by atoms with E-state index in [1.54, 1.807) is 18.2 Å². The number of ether oxygens (including phenoxy) is 2. The van der Waals surface area contributed by atoms with Crippen LogP contribution in [0.2, 0.25) is 0 Å². The fourth-order valence-electron chi connectivity index (χ4n) is 3.59. The van der Waals surface area contributed by atoms with E-state index in [2.05, 4.69) is 12.2 Å². The minimum atomic E-state index is -0.509. The zero-order valence-corrected chi connectivity index (χ0v) is 16.6. The van der Waals surface area contributed by atoms with Gasteiger partial charge in [-0.1, -0.05) is 19.4 Å². The highest BCUT2D eigenvalue weighted by Crippen LogP contribution is 2.41. The summed E-state index contributed by atoms with van der Waals surface area (Å²) in [7, 11) is 2.99. The molecule has 2 aromatic rings. The molecule has 1 atom stereocenters. The third-order valence-electron chi connectivity index (χ3n) is 5.07. The number of carbonyl (C=O) groups is 2. The van der Waals surface area contributed by atoms with E-state index < -0.39 is 11.8 Å². The number of nitrogens with two attached hydrogens (primary N) is 1. The molecule has 0 bridgehead atoms. The lowest BCUT2D eigenvalue weighted by Gasteiger charge is -2.20. The van der Waals surface area contributed by atoms with Gasteiger partial charge in [-0.25, -0.2) is 0 Å². The molecule has 1 aromatic carbocycles. The van der Waals surface area contributed by atoms with Crippen molar-refractivity contribution in [2.24, 2.45) is 11.7 Å². The van der Waals surface area contributed by atoms with Crippen LogP contribution in [0.4, 0.5) is 5.00 Å². The number of hydrogen-bond acceptors (Lipinski definition) is 5. The number of fused-ring (bicyclic) bond motifs is 1. The lowest BCUT2D eigenvalue weighted by atomic mass is 9.85. The molecule has 0 aliphatic heterocycles. The standard InChI is InChI=1S/C20H24N2O4S/c1-4-11-8-9-12-15(10-11)27-20(16(12)18(21)23)22-19(24)17-13(25-2)6-5-7-14(17)26-3/h5-7,11H,4,8-10H2,1-3H3,(H2,21,23)(H,22,24). The van der Waals surface area contributed by atoms with Crippen LogP contribution in [0.3, 0.4) is 0 Å². The van der Waals surface area contributed by atoms with Crippen molar-refractivity contribution in [1.29, 1.82) is 0 Å². The molecule has 1 aliphatic rings. The molecule has 0 spiro atoms. The van der Waals surface area contributed by atoms with E-state index in [1.165, 1.54) is 25.6 Å². The summed E-state index contributed by atoms with van der Waals surface area (Å²) in [6.07, 6.45) is 3.87. The molecular formula is C20H24N2O4S. The summed E-state index contributed by atoms with van der Waals surface area (Å²) >= 11 is 1.44. The Morgan fingerprint density at radius 3 is 2.44 bits per heavy atom. The average Bonchev–Trinajstić information content (AvgIpc) is 3.03. The maximum Gasteiger partial charge on any atom is 0.263 e. The van der Waals surface area contributed by atoms with Crippen molar-refractivity contribution in [3.05, 3.63) is 39.8 Å². The smallest absolute Gasteiger partial charge is 0.263 e. The molecule has 1 aromatic heterocycles. The van der Waals surface area contributed by atoms with Crippen molar-refractivity contribution in [3.8, 4) is 11.5 Å². The number of primary amides is 1. The summed E-state index contributed by atoms with van der Waals surface area (Å²) in [5.41, 5.74) is 7.35. The molecule has 1 unspecified atom stereocenters. The fraction of sp³-hybridized carbons (Fsp3) is 0.400. The third-order valence-corrected chi connectivity index (χ3v) is 6.24. The van der Waals surface area contributed by atoms with Crippen molar-refractivity contribution in [2.75, 3.05) is 19.5 Å². The number of carbonyl (C=O) groups excluding carboxylic acids is 2. The first-order valence-corrected chi connectivity index (χ1v) is 9.78. The second kappa shape index (κ2) is 8.00. The summed E-state index contributed by atoms with van der Waals surface area (Å²) in [5, 5.41) is 3.37. The zero-order valence-electron chi connectivity index (χ0n) is 15.8. The van der Waals surface area contributed by atoms with E-state index in [0.717, 1.165) is 36.1 Å². The number of rotatable bonds is 6. The van der Waals surface area contributed by atoms with Crippen LogP contribution in [0.15, 0.2) is 18.2 Å². The van der Waals surface area contributed by atoms with Gasteiger partial charge in [-0.3, -0.25) is 9.59 Å². The summed E-state index contributed by atoms with van der Waals surface area (Å²) in [4.78, 5) is 26.2. The third kappa shape index (κ3) is 3.64. The van der Waals surface area contributed by atoms with Gasteiger partial charge in [-0.05, 0) is 42.9 Å². The monoisotopic (exact) mass is 388 g/mol. The van der Waals surface area contributed by atoms with E-state index >= 15 is 0 Å². The van der Waals surface area contributed by atoms with Crippen molar-refractivity contribution in [2.45, 2.75) is 32.6 Å². The minimum absolute atomic E-state index is 0.288. The molecule has 0 saturated heterocycles. The summed E-state index contributed by atoms with van der Waals surface area (Å²) in [5.74, 6) is 0.511. The second-order valence-electron chi connectivity index (χ2n) is 6.58. The second-order valence-corrected chi connectivity index (χ2v) is 7.69. The molecule has 3 N–H and O–H groups in total. The molecular weight excluding hydrogens is 364 g/mol.